The van der Waals surface area contributed by atoms with E-state index in [0.29, 0.717) is 10.9 Å². The average molecular weight is 282 g/mol. The molecule has 1 aromatic heterocycles. The van der Waals surface area contributed by atoms with Gasteiger partial charge in [0.1, 0.15) is 11.5 Å². The van der Waals surface area contributed by atoms with Gasteiger partial charge in [-0.15, -0.1) is 11.6 Å². The number of aromatic nitrogens is 1. The fourth-order valence-electron chi connectivity index (χ4n) is 1.77. The Hall–Kier alpha value is -1.25. The van der Waals surface area contributed by atoms with E-state index in [0.717, 1.165) is 28.3 Å². The molecule has 0 amide bonds. The van der Waals surface area contributed by atoms with Gasteiger partial charge in [-0.25, -0.2) is 0 Å². The molecule has 0 radical (unpaired) electrons. The van der Waals surface area contributed by atoms with E-state index in [1.54, 1.807) is 6.20 Å². The summed E-state index contributed by atoms with van der Waals surface area (Å²) >= 11 is 11.7. The lowest BCUT2D eigenvalue weighted by Gasteiger charge is -2.12. The number of benzene rings is 1. The van der Waals surface area contributed by atoms with Crippen LogP contribution in [0.1, 0.15) is 16.8 Å². The Bertz CT molecular complexity index is 546. The minimum absolute atomic E-state index is 0.371. The average Bonchev–Trinajstić information content (AvgIpc) is 2.34. The molecule has 0 N–H and O–H groups in total. The molecule has 0 spiro atoms. The standard InChI is InChI=1S/C14H13Cl2NO/c1-9-5-11(16)6-10(2)14(9)18-13-3-4-17-12(7-13)8-15/h3-7H,8H2,1-2H3. The number of hydrogen-bond acceptors (Lipinski definition) is 2. The van der Waals surface area contributed by atoms with Gasteiger partial charge in [-0.3, -0.25) is 4.98 Å². The van der Waals surface area contributed by atoms with Gasteiger partial charge in [0, 0.05) is 17.3 Å². The highest BCUT2D eigenvalue weighted by atomic mass is 35.5. The highest BCUT2D eigenvalue weighted by Crippen LogP contribution is 2.31. The molecule has 0 aliphatic heterocycles. The molecule has 94 valence electrons. The first kappa shape index (κ1) is 13.2. The summed E-state index contributed by atoms with van der Waals surface area (Å²) in [7, 11) is 0. The van der Waals surface area contributed by atoms with Crippen molar-refractivity contribution in [3.8, 4) is 11.5 Å². The van der Waals surface area contributed by atoms with E-state index in [-0.39, 0.29) is 0 Å². The quantitative estimate of drug-likeness (QED) is 0.748. The predicted octanol–water partition coefficient (Wildman–Crippen LogP) is 4.88. The summed E-state index contributed by atoms with van der Waals surface area (Å²) < 4.78 is 5.88. The molecule has 4 heteroatoms. The van der Waals surface area contributed by atoms with Crippen LogP contribution in [-0.2, 0) is 5.88 Å². The maximum atomic E-state index is 5.99. The maximum absolute atomic E-state index is 5.99. The van der Waals surface area contributed by atoms with Crippen LogP contribution < -0.4 is 4.74 Å². The number of alkyl halides is 1. The van der Waals surface area contributed by atoms with Gasteiger partial charge in [0.25, 0.3) is 0 Å². The molecule has 2 rings (SSSR count). The summed E-state index contributed by atoms with van der Waals surface area (Å²) in [5, 5.41) is 0.716. The van der Waals surface area contributed by atoms with Gasteiger partial charge in [-0.2, -0.15) is 0 Å². The van der Waals surface area contributed by atoms with Crippen LogP contribution in [0.3, 0.4) is 0 Å². The van der Waals surface area contributed by atoms with Crippen molar-refractivity contribution in [2.24, 2.45) is 0 Å². The van der Waals surface area contributed by atoms with Gasteiger partial charge in [-0.1, -0.05) is 11.6 Å². The van der Waals surface area contributed by atoms with Crippen LogP contribution in [0.4, 0.5) is 0 Å². The monoisotopic (exact) mass is 281 g/mol. The van der Waals surface area contributed by atoms with Crippen molar-refractivity contribution in [3.05, 3.63) is 52.3 Å². The van der Waals surface area contributed by atoms with Gasteiger partial charge < -0.3 is 4.74 Å². The summed E-state index contributed by atoms with van der Waals surface area (Å²) in [6, 6.07) is 7.41. The molecule has 2 aromatic rings. The highest BCUT2D eigenvalue weighted by Gasteiger charge is 2.07. The minimum Gasteiger partial charge on any atom is -0.457 e. The van der Waals surface area contributed by atoms with Gasteiger partial charge in [0.15, 0.2) is 0 Å². The molecule has 2 nitrogen and oxygen atoms in total. The van der Waals surface area contributed by atoms with Crippen LogP contribution in [0.2, 0.25) is 5.02 Å². The van der Waals surface area contributed by atoms with Gasteiger partial charge >= 0.3 is 0 Å². The van der Waals surface area contributed by atoms with Crippen molar-refractivity contribution >= 4 is 23.2 Å². The Labute approximate surface area is 117 Å². The molecule has 0 aliphatic carbocycles. The molecule has 0 aliphatic rings. The Kier molecular flexibility index (Phi) is 4.10. The molecule has 18 heavy (non-hydrogen) atoms. The topological polar surface area (TPSA) is 22.1 Å². The lowest BCUT2D eigenvalue weighted by atomic mass is 10.1. The van der Waals surface area contributed by atoms with E-state index < -0.39 is 0 Å². The number of ether oxygens (including phenoxy) is 1. The fourth-order valence-corrected chi connectivity index (χ4v) is 2.24. The fraction of sp³-hybridized carbons (Fsp3) is 0.214. The number of pyridine rings is 1. The zero-order valence-electron chi connectivity index (χ0n) is 10.2. The van der Waals surface area contributed by atoms with Crippen molar-refractivity contribution in [1.82, 2.24) is 4.98 Å². The molecular weight excluding hydrogens is 269 g/mol. The molecule has 0 saturated carbocycles. The smallest absolute Gasteiger partial charge is 0.133 e. The van der Waals surface area contributed by atoms with Crippen LogP contribution in [0.25, 0.3) is 0 Å². The first-order valence-electron chi connectivity index (χ1n) is 5.55. The van der Waals surface area contributed by atoms with Crippen molar-refractivity contribution in [3.63, 3.8) is 0 Å². The lowest BCUT2D eigenvalue weighted by Crippen LogP contribution is -1.93. The van der Waals surface area contributed by atoms with Gasteiger partial charge in [0.2, 0.25) is 0 Å². The summed E-state index contributed by atoms with van der Waals surface area (Å²) in [6.07, 6.45) is 1.69. The first-order valence-corrected chi connectivity index (χ1v) is 6.47. The molecule has 0 bridgehead atoms. The Morgan fingerprint density at radius 1 is 1.17 bits per heavy atom. The highest BCUT2D eigenvalue weighted by molar-refractivity contribution is 6.30. The summed E-state index contributed by atoms with van der Waals surface area (Å²) in [6.45, 7) is 3.94. The van der Waals surface area contributed by atoms with Crippen LogP contribution in [0, 0.1) is 13.8 Å². The van der Waals surface area contributed by atoms with Crippen molar-refractivity contribution in [2.45, 2.75) is 19.7 Å². The zero-order valence-corrected chi connectivity index (χ0v) is 11.7. The van der Waals surface area contributed by atoms with E-state index in [2.05, 4.69) is 4.98 Å². The number of rotatable bonds is 3. The van der Waals surface area contributed by atoms with E-state index >= 15 is 0 Å². The van der Waals surface area contributed by atoms with Crippen molar-refractivity contribution in [2.75, 3.05) is 0 Å². The van der Waals surface area contributed by atoms with Gasteiger partial charge in [-0.05, 0) is 43.2 Å². The second-order valence-corrected chi connectivity index (χ2v) is 4.79. The molecule has 0 unspecified atom stereocenters. The number of hydrogen-bond donors (Lipinski definition) is 0. The Morgan fingerprint density at radius 2 is 1.83 bits per heavy atom. The maximum Gasteiger partial charge on any atom is 0.133 e. The summed E-state index contributed by atoms with van der Waals surface area (Å²) in [5.74, 6) is 1.93. The lowest BCUT2D eigenvalue weighted by molar-refractivity contribution is 0.474. The van der Waals surface area contributed by atoms with Crippen molar-refractivity contribution in [1.29, 1.82) is 0 Å². The molecule has 1 heterocycles. The second kappa shape index (κ2) is 5.59. The Balaban J connectivity index is 2.33. The summed E-state index contributed by atoms with van der Waals surface area (Å²) in [4.78, 5) is 4.13. The second-order valence-electron chi connectivity index (χ2n) is 4.09. The zero-order chi connectivity index (χ0) is 13.1. The predicted molar refractivity (Wildman–Crippen MR) is 74.8 cm³/mol. The molecule has 0 saturated heterocycles. The SMILES string of the molecule is Cc1cc(Cl)cc(C)c1Oc1ccnc(CCl)c1. The van der Waals surface area contributed by atoms with Crippen LogP contribution >= 0.6 is 23.2 Å². The third-order valence-corrected chi connectivity index (χ3v) is 3.06. The van der Waals surface area contributed by atoms with E-state index in [1.165, 1.54) is 0 Å². The van der Waals surface area contributed by atoms with Crippen LogP contribution in [-0.4, -0.2) is 4.98 Å². The normalized spacial score (nSPS) is 10.4. The molecular formula is C14H13Cl2NO. The third-order valence-electron chi connectivity index (χ3n) is 2.57. The largest absolute Gasteiger partial charge is 0.457 e. The Morgan fingerprint density at radius 3 is 2.44 bits per heavy atom. The van der Waals surface area contributed by atoms with E-state index in [1.807, 2.05) is 38.1 Å². The first-order chi connectivity index (χ1) is 8.60. The van der Waals surface area contributed by atoms with Crippen molar-refractivity contribution < 1.29 is 4.74 Å². The van der Waals surface area contributed by atoms with Crippen LogP contribution in [0.15, 0.2) is 30.5 Å². The summed E-state index contributed by atoms with van der Waals surface area (Å²) in [5.41, 5.74) is 2.80. The van der Waals surface area contributed by atoms with Gasteiger partial charge in [0.05, 0.1) is 11.6 Å². The minimum atomic E-state index is 0.371. The number of nitrogens with zero attached hydrogens (tertiary/aromatic N) is 1. The molecule has 1 aromatic carbocycles. The third kappa shape index (κ3) is 2.95. The van der Waals surface area contributed by atoms with E-state index in [9.17, 15) is 0 Å². The molecule has 0 fully saturated rings. The number of halogens is 2. The molecule has 0 atom stereocenters. The van der Waals surface area contributed by atoms with E-state index in [4.69, 9.17) is 27.9 Å². The number of aryl methyl sites for hydroxylation is 2. The van der Waals surface area contributed by atoms with Crippen LogP contribution in [0.5, 0.6) is 11.5 Å².